The highest BCUT2D eigenvalue weighted by Crippen LogP contribution is 2.35. The van der Waals surface area contributed by atoms with Gasteiger partial charge in [0.1, 0.15) is 0 Å². The highest BCUT2D eigenvalue weighted by atomic mass is 16.3. The van der Waals surface area contributed by atoms with E-state index in [0.29, 0.717) is 0 Å². The molecule has 2 aliphatic rings. The van der Waals surface area contributed by atoms with Crippen LogP contribution in [0.3, 0.4) is 0 Å². The van der Waals surface area contributed by atoms with E-state index >= 15 is 0 Å². The van der Waals surface area contributed by atoms with E-state index in [9.17, 15) is 5.11 Å². The molecule has 1 aliphatic heterocycles. The summed E-state index contributed by atoms with van der Waals surface area (Å²) in [5.41, 5.74) is 0. The third kappa shape index (κ3) is 2.29. The van der Waals surface area contributed by atoms with Crippen molar-refractivity contribution in [1.29, 1.82) is 0 Å². The number of rotatable bonds is 2. The summed E-state index contributed by atoms with van der Waals surface area (Å²) in [5.74, 6) is 0.941. The highest BCUT2D eigenvalue weighted by Gasteiger charge is 2.33. The maximum atomic E-state index is 9.45. The van der Waals surface area contributed by atoms with Crippen LogP contribution in [0, 0.1) is 5.92 Å². The second-order valence-corrected chi connectivity index (χ2v) is 5.10. The minimum Gasteiger partial charge on any atom is -0.392 e. The van der Waals surface area contributed by atoms with Gasteiger partial charge in [0.2, 0.25) is 0 Å². The molecule has 0 bridgehead atoms. The van der Waals surface area contributed by atoms with Crippen LogP contribution in [0.25, 0.3) is 0 Å². The van der Waals surface area contributed by atoms with Crippen LogP contribution >= 0.6 is 0 Å². The molecule has 1 N–H and O–H groups in total. The number of piperidine rings is 1. The Bertz CT molecular complexity index is 179. The number of aliphatic hydroxyl groups excluding tert-OH is 1. The zero-order valence-corrected chi connectivity index (χ0v) is 9.28. The summed E-state index contributed by atoms with van der Waals surface area (Å²) in [4.78, 5) is 2.54. The fourth-order valence-electron chi connectivity index (χ4n) is 3.29. The van der Waals surface area contributed by atoms with E-state index < -0.39 is 0 Å². The Morgan fingerprint density at radius 2 is 1.93 bits per heavy atom. The summed E-state index contributed by atoms with van der Waals surface area (Å²) in [5, 5.41) is 9.45. The number of fused-ring (bicyclic) bond motifs is 1. The number of aliphatic hydroxyl groups is 1. The maximum absolute atomic E-state index is 9.45. The summed E-state index contributed by atoms with van der Waals surface area (Å²) in [6.07, 6.45) is 8.25. The number of likely N-dealkylation sites (tertiary alicyclic amines) is 1. The zero-order chi connectivity index (χ0) is 9.97. The van der Waals surface area contributed by atoms with Crippen molar-refractivity contribution in [2.45, 2.75) is 57.6 Å². The zero-order valence-electron chi connectivity index (χ0n) is 9.28. The van der Waals surface area contributed by atoms with Gasteiger partial charge in [0.05, 0.1) is 6.10 Å². The Hall–Kier alpha value is -0.0800. The molecule has 2 fully saturated rings. The summed E-state index contributed by atoms with van der Waals surface area (Å²) in [7, 11) is 0. The quantitative estimate of drug-likeness (QED) is 0.732. The van der Waals surface area contributed by atoms with E-state index in [4.69, 9.17) is 0 Å². The first-order chi connectivity index (χ1) is 6.77. The number of hydrogen-bond acceptors (Lipinski definition) is 2. The first-order valence-electron chi connectivity index (χ1n) is 6.19. The Labute approximate surface area is 87.3 Å². The molecule has 2 unspecified atom stereocenters. The van der Waals surface area contributed by atoms with E-state index in [-0.39, 0.29) is 6.10 Å². The van der Waals surface area contributed by atoms with Crippen molar-refractivity contribution in [3.63, 3.8) is 0 Å². The smallest absolute Gasteiger partial charge is 0.0639 e. The van der Waals surface area contributed by atoms with Crippen LogP contribution in [0.15, 0.2) is 0 Å². The summed E-state index contributed by atoms with van der Waals surface area (Å²) in [6.45, 7) is 4.01. The molecule has 82 valence electrons. The average molecular weight is 197 g/mol. The molecular formula is C12H23NO. The monoisotopic (exact) mass is 197 g/mol. The van der Waals surface area contributed by atoms with Gasteiger partial charge in [-0.05, 0) is 45.1 Å². The van der Waals surface area contributed by atoms with Crippen molar-refractivity contribution in [1.82, 2.24) is 4.90 Å². The third-order valence-electron chi connectivity index (χ3n) is 3.86. The predicted molar refractivity (Wildman–Crippen MR) is 58.2 cm³/mol. The molecule has 0 amide bonds. The van der Waals surface area contributed by atoms with E-state index in [0.717, 1.165) is 18.5 Å². The van der Waals surface area contributed by atoms with Crippen LogP contribution in [-0.2, 0) is 0 Å². The van der Waals surface area contributed by atoms with Gasteiger partial charge in [-0.2, -0.15) is 0 Å². The van der Waals surface area contributed by atoms with Crippen LogP contribution < -0.4 is 0 Å². The van der Waals surface area contributed by atoms with Gasteiger partial charge in [0.25, 0.3) is 0 Å². The lowest BCUT2D eigenvalue weighted by molar-refractivity contribution is 0.0261. The molecule has 2 nitrogen and oxygen atoms in total. The molecule has 3 atom stereocenters. The topological polar surface area (TPSA) is 23.5 Å². The van der Waals surface area contributed by atoms with Crippen molar-refractivity contribution in [3.05, 3.63) is 0 Å². The van der Waals surface area contributed by atoms with Gasteiger partial charge >= 0.3 is 0 Å². The summed E-state index contributed by atoms with van der Waals surface area (Å²) >= 11 is 0. The standard InChI is InChI=1S/C12H23NO/c1-10(14)9-13-8-4-6-11-5-2-3-7-12(11)13/h10-12,14H,2-9H2,1H3/t10-,11?,12?/m0/s1. The van der Waals surface area contributed by atoms with Gasteiger partial charge < -0.3 is 5.11 Å². The molecule has 0 spiro atoms. The van der Waals surface area contributed by atoms with Crippen molar-refractivity contribution >= 4 is 0 Å². The van der Waals surface area contributed by atoms with Gasteiger partial charge in [-0.3, -0.25) is 4.90 Å². The lowest BCUT2D eigenvalue weighted by atomic mass is 9.78. The van der Waals surface area contributed by atoms with E-state index in [1.54, 1.807) is 0 Å². The van der Waals surface area contributed by atoms with Crippen molar-refractivity contribution in [2.75, 3.05) is 13.1 Å². The van der Waals surface area contributed by atoms with Gasteiger partial charge in [-0.15, -0.1) is 0 Å². The minimum absolute atomic E-state index is 0.157. The first kappa shape index (κ1) is 10.4. The maximum Gasteiger partial charge on any atom is 0.0639 e. The van der Waals surface area contributed by atoms with Crippen LogP contribution in [0.5, 0.6) is 0 Å². The molecule has 1 aliphatic carbocycles. The Kier molecular flexibility index (Phi) is 3.45. The molecule has 2 rings (SSSR count). The predicted octanol–water partition coefficient (Wildman–Crippen LogP) is 2.02. The van der Waals surface area contributed by atoms with E-state index in [2.05, 4.69) is 4.90 Å². The van der Waals surface area contributed by atoms with Gasteiger partial charge in [0, 0.05) is 12.6 Å². The third-order valence-corrected chi connectivity index (χ3v) is 3.86. The molecule has 1 saturated carbocycles. The Balaban J connectivity index is 1.94. The summed E-state index contributed by atoms with van der Waals surface area (Å²) < 4.78 is 0. The molecule has 14 heavy (non-hydrogen) atoms. The molecule has 0 aromatic carbocycles. The van der Waals surface area contributed by atoms with Crippen molar-refractivity contribution in [2.24, 2.45) is 5.92 Å². The fraction of sp³-hybridized carbons (Fsp3) is 1.00. The molecule has 1 saturated heterocycles. The molecule has 2 heteroatoms. The molecular weight excluding hydrogens is 174 g/mol. The molecule has 0 aromatic heterocycles. The normalized spacial score (nSPS) is 36.4. The molecule has 0 radical (unpaired) electrons. The fourth-order valence-corrected chi connectivity index (χ4v) is 3.29. The van der Waals surface area contributed by atoms with E-state index in [1.807, 2.05) is 6.92 Å². The average Bonchev–Trinajstić information content (AvgIpc) is 2.18. The van der Waals surface area contributed by atoms with Gasteiger partial charge in [0.15, 0.2) is 0 Å². The Morgan fingerprint density at radius 3 is 2.71 bits per heavy atom. The van der Waals surface area contributed by atoms with E-state index in [1.165, 1.54) is 45.1 Å². The molecule has 1 heterocycles. The number of nitrogens with zero attached hydrogens (tertiary/aromatic N) is 1. The van der Waals surface area contributed by atoms with Crippen LogP contribution in [0.4, 0.5) is 0 Å². The van der Waals surface area contributed by atoms with Crippen molar-refractivity contribution < 1.29 is 5.11 Å². The first-order valence-corrected chi connectivity index (χ1v) is 6.19. The van der Waals surface area contributed by atoms with Crippen LogP contribution in [0.2, 0.25) is 0 Å². The second kappa shape index (κ2) is 4.63. The minimum atomic E-state index is -0.157. The SMILES string of the molecule is C[C@H](O)CN1CCCC2CCCCC21. The van der Waals surface area contributed by atoms with Gasteiger partial charge in [-0.25, -0.2) is 0 Å². The lowest BCUT2D eigenvalue weighted by Gasteiger charge is -2.44. The lowest BCUT2D eigenvalue weighted by Crippen LogP contribution is -2.49. The number of β-amino-alcohol motifs (C(OH)–C–C–N with tert-alkyl or cyclic N) is 1. The van der Waals surface area contributed by atoms with Crippen LogP contribution in [0.1, 0.15) is 45.4 Å². The summed E-state index contributed by atoms with van der Waals surface area (Å²) in [6, 6.07) is 0.798. The van der Waals surface area contributed by atoms with Gasteiger partial charge in [-0.1, -0.05) is 12.8 Å². The number of hydrogen-bond donors (Lipinski definition) is 1. The second-order valence-electron chi connectivity index (χ2n) is 5.10. The van der Waals surface area contributed by atoms with Crippen LogP contribution in [-0.4, -0.2) is 35.2 Å². The largest absolute Gasteiger partial charge is 0.392 e. The van der Waals surface area contributed by atoms with Crippen molar-refractivity contribution in [3.8, 4) is 0 Å². The molecule has 0 aromatic rings. The Morgan fingerprint density at radius 1 is 1.21 bits per heavy atom. The highest BCUT2D eigenvalue weighted by molar-refractivity contribution is 4.87.